The zero-order chi connectivity index (χ0) is 26.6. The lowest BCUT2D eigenvalue weighted by atomic mass is 9.94. The number of amides is 1. The smallest absolute Gasteiger partial charge is 0.414 e. The van der Waals surface area contributed by atoms with Crippen LogP contribution in [0.2, 0.25) is 0 Å². The summed E-state index contributed by atoms with van der Waals surface area (Å²) in [5.74, 6) is 0.965. The Balaban J connectivity index is 1.19. The van der Waals surface area contributed by atoms with E-state index in [9.17, 15) is 4.79 Å². The average Bonchev–Trinajstić information content (AvgIpc) is 3.42. The van der Waals surface area contributed by atoms with Gasteiger partial charge in [0.25, 0.3) is 0 Å². The second kappa shape index (κ2) is 11.7. The van der Waals surface area contributed by atoms with Gasteiger partial charge in [-0.2, -0.15) is 0 Å². The fourth-order valence-corrected chi connectivity index (χ4v) is 5.52. The van der Waals surface area contributed by atoms with Gasteiger partial charge >= 0.3 is 6.09 Å². The third-order valence-corrected chi connectivity index (χ3v) is 7.85. The van der Waals surface area contributed by atoms with Gasteiger partial charge in [-0.15, -0.1) is 0 Å². The third-order valence-electron chi connectivity index (χ3n) is 7.30. The Kier molecular flexibility index (Phi) is 8.19. The summed E-state index contributed by atoms with van der Waals surface area (Å²) in [4.78, 5) is 15.3. The minimum Gasteiger partial charge on any atom is -0.456 e. The van der Waals surface area contributed by atoms with E-state index in [4.69, 9.17) is 33.6 Å². The predicted octanol–water partition coefficient (Wildman–Crippen LogP) is 7.61. The molecule has 0 saturated carbocycles. The SMILES string of the molecule is CC(=S)NC[C@H]1CN(c2ccc(C3=CCC(CCC(=S)c4cc5ccccc5o4)CCC3)c(F)c2)C(=O)O1. The molecule has 1 aliphatic heterocycles. The minimum absolute atomic E-state index is 0.317. The zero-order valence-electron chi connectivity index (χ0n) is 21.4. The second-order valence-electron chi connectivity index (χ2n) is 10.1. The number of furan rings is 1. The second-order valence-corrected chi connectivity index (χ2v) is 11.2. The Morgan fingerprint density at radius 2 is 2.03 bits per heavy atom. The Hall–Kier alpha value is -3.10. The molecule has 1 unspecified atom stereocenters. The maximum absolute atomic E-state index is 15.2. The lowest BCUT2D eigenvalue weighted by Gasteiger charge is -2.15. The Morgan fingerprint density at radius 3 is 2.82 bits per heavy atom. The molecule has 38 heavy (non-hydrogen) atoms. The molecule has 2 aromatic carbocycles. The molecule has 1 saturated heterocycles. The number of hydrogen-bond acceptors (Lipinski definition) is 5. The summed E-state index contributed by atoms with van der Waals surface area (Å²) in [5, 5.41) is 4.08. The number of rotatable bonds is 8. The van der Waals surface area contributed by atoms with Crippen LogP contribution in [0.5, 0.6) is 0 Å². The number of nitrogens with zero attached hydrogens (tertiary/aromatic N) is 1. The molecular formula is C30H31FN2O3S2. The first-order valence-corrected chi connectivity index (χ1v) is 13.9. The number of halogens is 1. The number of thiocarbonyl (C=S) groups is 2. The van der Waals surface area contributed by atoms with Gasteiger partial charge in [-0.1, -0.05) is 48.7 Å². The number of cyclic esters (lactones) is 1. The molecule has 0 radical (unpaired) electrons. The number of benzene rings is 2. The van der Waals surface area contributed by atoms with E-state index in [-0.39, 0.29) is 11.9 Å². The van der Waals surface area contributed by atoms with Crippen molar-refractivity contribution < 1.29 is 18.3 Å². The van der Waals surface area contributed by atoms with E-state index in [1.54, 1.807) is 19.1 Å². The van der Waals surface area contributed by atoms with E-state index in [0.29, 0.717) is 35.2 Å². The highest BCUT2D eigenvalue weighted by Crippen LogP contribution is 2.34. The van der Waals surface area contributed by atoms with Gasteiger partial charge < -0.3 is 14.5 Å². The molecule has 1 amide bonds. The van der Waals surface area contributed by atoms with E-state index >= 15 is 4.39 Å². The van der Waals surface area contributed by atoms with Crippen molar-refractivity contribution in [2.75, 3.05) is 18.0 Å². The van der Waals surface area contributed by atoms with Gasteiger partial charge in [-0.3, -0.25) is 4.90 Å². The lowest BCUT2D eigenvalue weighted by Crippen LogP contribution is -2.32. The average molecular weight is 551 g/mol. The Labute approximate surface area is 233 Å². The van der Waals surface area contributed by atoms with Gasteiger partial charge in [0.15, 0.2) is 0 Å². The molecule has 1 aromatic heterocycles. The molecule has 5 nitrogen and oxygen atoms in total. The van der Waals surface area contributed by atoms with Gasteiger partial charge in [-0.05, 0) is 87.3 Å². The molecule has 2 heterocycles. The number of ether oxygens (including phenoxy) is 1. The summed E-state index contributed by atoms with van der Waals surface area (Å²) in [6.07, 6.45) is 6.98. The molecule has 0 spiro atoms. The number of allylic oxidation sites excluding steroid dienone is 2. The Morgan fingerprint density at radius 1 is 1.18 bits per heavy atom. The normalized spacial score (nSPS) is 19.7. The number of anilines is 1. The van der Waals surface area contributed by atoms with Crippen molar-refractivity contribution in [1.29, 1.82) is 0 Å². The topological polar surface area (TPSA) is 54.7 Å². The summed E-state index contributed by atoms with van der Waals surface area (Å²) in [5.41, 5.74) is 3.00. The van der Waals surface area contributed by atoms with Crippen LogP contribution in [0.25, 0.3) is 16.5 Å². The number of carbonyl (C=O) groups excluding carboxylic acids is 1. The van der Waals surface area contributed by atoms with Crippen LogP contribution >= 0.6 is 24.4 Å². The Bertz CT molecular complexity index is 1370. The van der Waals surface area contributed by atoms with Gasteiger partial charge in [0.2, 0.25) is 0 Å². The maximum atomic E-state index is 15.2. The highest BCUT2D eigenvalue weighted by atomic mass is 32.1. The van der Waals surface area contributed by atoms with Crippen LogP contribution in [0.4, 0.5) is 14.9 Å². The molecular weight excluding hydrogens is 519 g/mol. The maximum Gasteiger partial charge on any atom is 0.414 e. The molecule has 5 rings (SSSR count). The zero-order valence-corrected chi connectivity index (χ0v) is 23.0. The van der Waals surface area contributed by atoms with E-state index < -0.39 is 6.09 Å². The van der Waals surface area contributed by atoms with E-state index in [2.05, 4.69) is 11.4 Å². The van der Waals surface area contributed by atoms with Crippen molar-refractivity contribution in [3.05, 3.63) is 71.7 Å². The van der Waals surface area contributed by atoms with E-state index in [1.807, 2.05) is 30.3 Å². The van der Waals surface area contributed by atoms with Crippen molar-refractivity contribution in [3.63, 3.8) is 0 Å². The van der Waals surface area contributed by atoms with Crippen LogP contribution < -0.4 is 10.2 Å². The highest BCUT2D eigenvalue weighted by Gasteiger charge is 2.32. The summed E-state index contributed by atoms with van der Waals surface area (Å²) < 4.78 is 26.6. The molecule has 1 fully saturated rings. The van der Waals surface area contributed by atoms with Gasteiger partial charge in [0.1, 0.15) is 23.3 Å². The number of nitrogens with one attached hydrogen (secondary N) is 1. The molecule has 1 aliphatic carbocycles. The van der Waals surface area contributed by atoms with Crippen LogP contribution in [0, 0.1) is 11.7 Å². The fourth-order valence-electron chi connectivity index (χ4n) is 5.22. The number of para-hydroxylation sites is 1. The highest BCUT2D eigenvalue weighted by molar-refractivity contribution is 7.80. The van der Waals surface area contributed by atoms with Gasteiger partial charge in [-0.25, -0.2) is 9.18 Å². The first-order chi connectivity index (χ1) is 18.4. The van der Waals surface area contributed by atoms with E-state index in [1.165, 1.54) is 11.0 Å². The van der Waals surface area contributed by atoms with Crippen LogP contribution in [-0.2, 0) is 4.74 Å². The van der Waals surface area contributed by atoms with Crippen molar-refractivity contribution in [2.45, 2.75) is 51.6 Å². The predicted molar refractivity (Wildman–Crippen MR) is 157 cm³/mol. The number of hydrogen-bond donors (Lipinski definition) is 1. The summed E-state index contributed by atoms with van der Waals surface area (Å²) in [7, 11) is 0. The molecule has 198 valence electrons. The molecule has 0 bridgehead atoms. The van der Waals surface area contributed by atoms with E-state index in [0.717, 1.165) is 65.7 Å². The molecule has 2 aliphatic rings. The number of carbonyl (C=O) groups is 1. The lowest BCUT2D eigenvalue weighted by molar-refractivity contribution is 0.143. The first-order valence-electron chi connectivity index (χ1n) is 13.1. The number of fused-ring (bicyclic) bond motifs is 1. The summed E-state index contributed by atoms with van der Waals surface area (Å²) in [6.45, 7) is 2.57. The quantitative estimate of drug-likeness (QED) is 0.230. The van der Waals surface area contributed by atoms with Crippen molar-refractivity contribution >= 4 is 62.6 Å². The van der Waals surface area contributed by atoms with Gasteiger partial charge in [0.05, 0.1) is 28.6 Å². The van der Waals surface area contributed by atoms with Crippen LogP contribution in [0.3, 0.4) is 0 Å². The summed E-state index contributed by atoms with van der Waals surface area (Å²) in [6, 6.07) is 15.0. The van der Waals surface area contributed by atoms with Crippen LogP contribution in [0.15, 0.2) is 59.0 Å². The third kappa shape index (κ3) is 6.13. The van der Waals surface area contributed by atoms with Crippen molar-refractivity contribution in [2.24, 2.45) is 5.92 Å². The van der Waals surface area contributed by atoms with Crippen LogP contribution in [0.1, 0.15) is 56.8 Å². The standard InChI is InChI=1S/C30H31FN2O3S2/c1-19(37)32-17-24-18-33(30(34)35-24)23-12-13-25(26(31)16-23)21-7-4-5-20(9-11-21)10-14-29(38)28-15-22-6-2-3-8-27(22)36-28/h2-3,6,8,11-13,15-16,20,24H,4-5,7,9-10,14,17-18H2,1H3,(H,32,37)/t20?,24-/m0/s1. The minimum atomic E-state index is -0.469. The van der Waals surface area contributed by atoms with Crippen molar-refractivity contribution in [1.82, 2.24) is 5.32 Å². The largest absolute Gasteiger partial charge is 0.456 e. The molecule has 1 N–H and O–H groups in total. The molecule has 3 aromatic rings. The molecule has 8 heteroatoms. The van der Waals surface area contributed by atoms with Crippen molar-refractivity contribution in [3.8, 4) is 0 Å². The summed E-state index contributed by atoms with van der Waals surface area (Å²) >= 11 is 10.7. The molecule has 2 atom stereocenters. The van der Waals surface area contributed by atoms with Crippen LogP contribution in [-0.4, -0.2) is 35.1 Å². The fraction of sp³-hybridized carbons (Fsp3) is 0.367. The monoisotopic (exact) mass is 550 g/mol. The van der Waals surface area contributed by atoms with Gasteiger partial charge in [0, 0.05) is 10.9 Å². The first kappa shape index (κ1) is 26.5.